The highest BCUT2D eigenvalue weighted by Gasteiger charge is 2.45. The van der Waals surface area contributed by atoms with Crippen molar-refractivity contribution >= 4 is 11.9 Å². The molecular formula is C16H21NO4. The summed E-state index contributed by atoms with van der Waals surface area (Å²) >= 11 is 0. The molecule has 5 nitrogen and oxygen atoms in total. The van der Waals surface area contributed by atoms with Crippen molar-refractivity contribution in [2.24, 2.45) is 5.41 Å². The Hall–Kier alpha value is -1.88. The van der Waals surface area contributed by atoms with Crippen molar-refractivity contribution in [1.29, 1.82) is 0 Å². The van der Waals surface area contributed by atoms with Gasteiger partial charge in [0.1, 0.15) is 6.04 Å². The van der Waals surface area contributed by atoms with Crippen LogP contribution in [-0.4, -0.2) is 34.2 Å². The monoisotopic (exact) mass is 291 g/mol. The van der Waals surface area contributed by atoms with Crippen LogP contribution in [0, 0.1) is 5.41 Å². The largest absolute Gasteiger partial charge is 0.480 e. The standard InChI is InChI=1S/C16H21NO4/c1-11(14(19)20)17-15(21)16(8-7-13(18)10-16)9-12-5-3-2-4-6-12/h2-6,11,13,18H,7-10H2,1H3,(H,17,21)(H,19,20)/t11?,13?,16-/m1/s1. The maximum absolute atomic E-state index is 12.5. The number of nitrogens with one attached hydrogen (secondary N) is 1. The third-order valence-electron chi connectivity index (χ3n) is 4.17. The fourth-order valence-electron chi connectivity index (χ4n) is 2.94. The molecule has 3 N–H and O–H groups in total. The molecule has 21 heavy (non-hydrogen) atoms. The van der Waals surface area contributed by atoms with Gasteiger partial charge in [-0.05, 0) is 38.2 Å². The minimum atomic E-state index is -1.06. The van der Waals surface area contributed by atoms with Crippen molar-refractivity contribution in [3.05, 3.63) is 35.9 Å². The molecule has 1 aliphatic rings. The molecule has 3 atom stereocenters. The zero-order valence-electron chi connectivity index (χ0n) is 12.1. The lowest BCUT2D eigenvalue weighted by Gasteiger charge is -2.29. The Morgan fingerprint density at radius 3 is 2.57 bits per heavy atom. The van der Waals surface area contributed by atoms with Gasteiger partial charge in [-0.1, -0.05) is 30.3 Å². The van der Waals surface area contributed by atoms with Gasteiger partial charge in [-0.15, -0.1) is 0 Å². The summed E-state index contributed by atoms with van der Waals surface area (Å²) in [6.07, 6.45) is 1.53. The van der Waals surface area contributed by atoms with Gasteiger partial charge in [-0.2, -0.15) is 0 Å². The fraction of sp³-hybridized carbons (Fsp3) is 0.500. The molecule has 0 radical (unpaired) electrons. The van der Waals surface area contributed by atoms with E-state index in [1.165, 1.54) is 6.92 Å². The van der Waals surface area contributed by atoms with E-state index >= 15 is 0 Å². The van der Waals surface area contributed by atoms with E-state index in [1.54, 1.807) is 0 Å². The van der Waals surface area contributed by atoms with Gasteiger partial charge in [-0.25, -0.2) is 0 Å². The summed E-state index contributed by atoms with van der Waals surface area (Å²) in [5.41, 5.74) is 0.300. The first-order chi connectivity index (χ1) is 9.93. The lowest BCUT2D eigenvalue weighted by molar-refractivity contribution is -0.143. The number of hydrogen-bond donors (Lipinski definition) is 3. The van der Waals surface area contributed by atoms with Crippen molar-refractivity contribution in [2.75, 3.05) is 0 Å². The van der Waals surface area contributed by atoms with E-state index in [-0.39, 0.29) is 5.91 Å². The van der Waals surface area contributed by atoms with Crippen LogP contribution in [0.5, 0.6) is 0 Å². The average Bonchev–Trinajstić information content (AvgIpc) is 2.82. The minimum absolute atomic E-state index is 0.280. The van der Waals surface area contributed by atoms with Crippen molar-refractivity contribution in [3.8, 4) is 0 Å². The molecule has 0 saturated heterocycles. The summed E-state index contributed by atoms with van der Waals surface area (Å²) in [6.45, 7) is 1.45. The maximum Gasteiger partial charge on any atom is 0.325 e. The second-order valence-corrected chi connectivity index (χ2v) is 5.87. The first-order valence-electron chi connectivity index (χ1n) is 7.19. The zero-order chi connectivity index (χ0) is 15.5. The molecule has 1 aliphatic carbocycles. The summed E-state index contributed by atoms with van der Waals surface area (Å²) in [5, 5.41) is 21.3. The highest BCUT2D eigenvalue weighted by molar-refractivity contribution is 5.87. The quantitative estimate of drug-likeness (QED) is 0.764. The van der Waals surface area contributed by atoms with E-state index in [1.807, 2.05) is 30.3 Å². The Kier molecular flexibility index (Phi) is 4.63. The molecule has 1 aromatic carbocycles. The molecule has 2 unspecified atom stereocenters. The van der Waals surface area contributed by atoms with Crippen molar-refractivity contribution in [2.45, 2.75) is 44.8 Å². The van der Waals surface area contributed by atoms with E-state index in [9.17, 15) is 14.7 Å². The Balaban J connectivity index is 2.17. The first-order valence-corrected chi connectivity index (χ1v) is 7.19. The number of carboxylic acid groups (broad SMARTS) is 1. The topological polar surface area (TPSA) is 86.6 Å². The molecule has 2 rings (SSSR count). The summed E-state index contributed by atoms with van der Waals surface area (Å²) < 4.78 is 0. The smallest absolute Gasteiger partial charge is 0.325 e. The lowest BCUT2D eigenvalue weighted by atomic mass is 9.78. The van der Waals surface area contributed by atoms with E-state index in [0.717, 1.165) is 5.56 Å². The van der Waals surface area contributed by atoms with Crippen molar-refractivity contribution < 1.29 is 19.8 Å². The van der Waals surface area contributed by atoms with Gasteiger partial charge in [0.25, 0.3) is 0 Å². The van der Waals surface area contributed by atoms with Crippen molar-refractivity contribution in [1.82, 2.24) is 5.32 Å². The van der Waals surface area contributed by atoms with Crippen LogP contribution in [0.4, 0.5) is 0 Å². The van der Waals surface area contributed by atoms with Crippen LogP contribution < -0.4 is 5.32 Å². The van der Waals surface area contributed by atoms with E-state index in [4.69, 9.17) is 5.11 Å². The van der Waals surface area contributed by atoms with Crippen LogP contribution in [-0.2, 0) is 16.0 Å². The molecule has 5 heteroatoms. The highest BCUT2D eigenvalue weighted by Crippen LogP contribution is 2.41. The van der Waals surface area contributed by atoms with Gasteiger partial charge < -0.3 is 15.5 Å². The molecule has 0 aromatic heterocycles. The molecular weight excluding hydrogens is 270 g/mol. The molecule has 0 heterocycles. The molecule has 1 amide bonds. The maximum atomic E-state index is 12.5. The lowest BCUT2D eigenvalue weighted by Crippen LogP contribution is -2.47. The average molecular weight is 291 g/mol. The number of carboxylic acids is 1. The van der Waals surface area contributed by atoms with Crippen LogP contribution in [0.3, 0.4) is 0 Å². The predicted octanol–water partition coefficient (Wildman–Crippen LogP) is 1.35. The number of carbonyl (C=O) groups is 2. The molecule has 114 valence electrons. The van der Waals surface area contributed by atoms with E-state index in [0.29, 0.717) is 25.7 Å². The molecule has 0 bridgehead atoms. The highest BCUT2D eigenvalue weighted by atomic mass is 16.4. The van der Waals surface area contributed by atoms with Gasteiger partial charge in [0, 0.05) is 0 Å². The number of aliphatic hydroxyl groups excluding tert-OH is 1. The van der Waals surface area contributed by atoms with Crippen LogP contribution in [0.25, 0.3) is 0 Å². The number of amides is 1. The summed E-state index contributed by atoms with van der Waals surface area (Å²) in [7, 11) is 0. The number of rotatable bonds is 5. The van der Waals surface area contributed by atoms with Crippen LogP contribution in [0.2, 0.25) is 0 Å². The number of aliphatic carboxylic acids is 1. The van der Waals surface area contributed by atoms with E-state index in [2.05, 4.69) is 5.32 Å². The molecule has 1 aromatic rings. The Labute approximate surface area is 124 Å². The molecule has 0 spiro atoms. The fourth-order valence-corrected chi connectivity index (χ4v) is 2.94. The van der Waals surface area contributed by atoms with Crippen LogP contribution >= 0.6 is 0 Å². The summed E-state index contributed by atoms with van der Waals surface area (Å²) in [4.78, 5) is 23.5. The van der Waals surface area contributed by atoms with Gasteiger partial charge in [0.2, 0.25) is 5.91 Å². The van der Waals surface area contributed by atoms with Crippen LogP contribution in [0.15, 0.2) is 30.3 Å². The third kappa shape index (κ3) is 3.61. The number of benzene rings is 1. The molecule has 1 fully saturated rings. The Bertz CT molecular complexity index is 516. The van der Waals surface area contributed by atoms with E-state index < -0.39 is 23.5 Å². The van der Waals surface area contributed by atoms with Gasteiger partial charge in [0.15, 0.2) is 0 Å². The second-order valence-electron chi connectivity index (χ2n) is 5.87. The normalized spacial score (nSPS) is 26.3. The number of hydrogen-bond acceptors (Lipinski definition) is 3. The first kappa shape index (κ1) is 15.5. The second kappa shape index (κ2) is 6.26. The van der Waals surface area contributed by atoms with Crippen LogP contribution in [0.1, 0.15) is 31.7 Å². The van der Waals surface area contributed by atoms with Crippen molar-refractivity contribution in [3.63, 3.8) is 0 Å². The minimum Gasteiger partial charge on any atom is -0.480 e. The van der Waals surface area contributed by atoms with Gasteiger partial charge in [-0.3, -0.25) is 9.59 Å². The number of carbonyl (C=O) groups excluding carboxylic acids is 1. The van der Waals surface area contributed by atoms with Gasteiger partial charge in [0.05, 0.1) is 11.5 Å². The summed E-state index contributed by atoms with van der Waals surface area (Å²) in [5.74, 6) is -1.34. The number of aliphatic hydroxyl groups is 1. The SMILES string of the molecule is CC(NC(=O)[C@@]1(Cc2ccccc2)CCC(O)C1)C(=O)O. The Morgan fingerprint density at radius 2 is 2.05 bits per heavy atom. The molecule has 0 aliphatic heterocycles. The molecule has 1 saturated carbocycles. The zero-order valence-corrected chi connectivity index (χ0v) is 12.1. The summed E-state index contributed by atoms with van der Waals surface area (Å²) in [6, 6.07) is 8.69. The Morgan fingerprint density at radius 1 is 1.38 bits per heavy atom. The van der Waals surface area contributed by atoms with Gasteiger partial charge >= 0.3 is 5.97 Å². The third-order valence-corrected chi connectivity index (χ3v) is 4.17. The predicted molar refractivity (Wildman–Crippen MR) is 77.7 cm³/mol.